The Morgan fingerprint density at radius 2 is 1.93 bits per heavy atom. The number of benzene rings is 2. The quantitative estimate of drug-likeness (QED) is 0.595. The molecule has 6 heteroatoms. The number of thioether (sulfide) groups is 1. The predicted octanol–water partition coefficient (Wildman–Crippen LogP) is 4.60. The van der Waals surface area contributed by atoms with E-state index in [0.717, 1.165) is 23.4 Å². The number of nitrogens with zero attached hydrogens (tertiary/aromatic N) is 3. The van der Waals surface area contributed by atoms with Crippen LogP contribution >= 0.6 is 11.8 Å². The number of aryl methyl sites for hydroxylation is 1. The van der Waals surface area contributed by atoms with Crippen LogP contribution in [0.25, 0.3) is 5.57 Å². The van der Waals surface area contributed by atoms with Crippen LogP contribution in [0.2, 0.25) is 0 Å². The smallest absolute Gasteiger partial charge is 0.255 e. The molecule has 0 N–H and O–H groups in total. The van der Waals surface area contributed by atoms with Gasteiger partial charge in [-0.05, 0) is 29.7 Å². The Kier molecular flexibility index (Phi) is 5.58. The Labute approximate surface area is 168 Å². The highest BCUT2D eigenvalue weighted by molar-refractivity contribution is 7.98. The van der Waals surface area contributed by atoms with Gasteiger partial charge in [0.15, 0.2) is 5.82 Å². The molecular formula is C22H21N3O2S. The normalized spacial score (nSPS) is 14.0. The van der Waals surface area contributed by atoms with Gasteiger partial charge in [-0.15, -0.1) is 11.8 Å². The second-order valence-corrected chi connectivity index (χ2v) is 7.63. The highest BCUT2D eigenvalue weighted by Gasteiger charge is 2.21. The molecule has 0 saturated carbocycles. The summed E-state index contributed by atoms with van der Waals surface area (Å²) >= 11 is 1.56. The van der Waals surface area contributed by atoms with E-state index in [-0.39, 0.29) is 5.91 Å². The molecule has 0 fully saturated rings. The van der Waals surface area contributed by atoms with Crippen molar-refractivity contribution >= 4 is 23.2 Å². The lowest BCUT2D eigenvalue weighted by Crippen LogP contribution is -2.34. The molecule has 1 aliphatic rings. The molecule has 5 nitrogen and oxygen atoms in total. The van der Waals surface area contributed by atoms with Crippen molar-refractivity contribution in [3.8, 4) is 0 Å². The first-order chi connectivity index (χ1) is 13.7. The van der Waals surface area contributed by atoms with Gasteiger partial charge in [-0.25, -0.2) is 0 Å². The zero-order valence-corrected chi connectivity index (χ0v) is 16.5. The summed E-state index contributed by atoms with van der Waals surface area (Å²) in [5, 5.41) is 3.92. The Morgan fingerprint density at radius 3 is 2.64 bits per heavy atom. The van der Waals surface area contributed by atoms with Crippen LogP contribution in [0.15, 0.2) is 70.1 Å². The first kappa shape index (κ1) is 18.5. The van der Waals surface area contributed by atoms with Crippen molar-refractivity contribution in [3.05, 3.63) is 83.5 Å². The lowest BCUT2D eigenvalue weighted by Gasteiger charge is -2.27. The minimum Gasteiger partial charge on any atom is -0.340 e. The maximum Gasteiger partial charge on any atom is 0.255 e. The van der Waals surface area contributed by atoms with Gasteiger partial charge in [-0.1, -0.05) is 53.7 Å². The van der Waals surface area contributed by atoms with Crippen molar-refractivity contribution in [3.63, 3.8) is 0 Å². The summed E-state index contributed by atoms with van der Waals surface area (Å²) in [7, 11) is 0. The molecule has 1 amide bonds. The molecule has 0 spiro atoms. The van der Waals surface area contributed by atoms with E-state index in [2.05, 4.69) is 28.3 Å². The monoisotopic (exact) mass is 391 g/mol. The molecule has 4 rings (SSSR count). The van der Waals surface area contributed by atoms with Gasteiger partial charge >= 0.3 is 0 Å². The van der Waals surface area contributed by atoms with E-state index in [1.807, 2.05) is 47.4 Å². The molecule has 0 aliphatic carbocycles. The summed E-state index contributed by atoms with van der Waals surface area (Å²) in [5.74, 6) is 1.82. The number of aromatic nitrogens is 2. The molecule has 1 aromatic heterocycles. The molecule has 0 radical (unpaired) electrons. The van der Waals surface area contributed by atoms with Crippen LogP contribution < -0.4 is 0 Å². The zero-order valence-electron chi connectivity index (χ0n) is 15.7. The molecule has 3 aromatic rings. The van der Waals surface area contributed by atoms with Crippen LogP contribution in [0.4, 0.5) is 0 Å². The number of amides is 1. The fourth-order valence-corrected chi connectivity index (χ4v) is 4.14. The third-order valence-electron chi connectivity index (χ3n) is 4.68. The third-order valence-corrected chi connectivity index (χ3v) is 5.75. The fourth-order valence-electron chi connectivity index (χ4n) is 3.25. The topological polar surface area (TPSA) is 59.2 Å². The van der Waals surface area contributed by atoms with Crippen molar-refractivity contribution in [1.82, 2.24) is 15.0 Å². The second-order valence-electron chi connectivity index (χ2n) is 6.61. The number of hydrogen-bond acceptors (Lipinski definition) is 5. The minimum absolute atomic E-state index is 0.0655. The van der Waals surface area contributed by atoms with E-state index < -0.39 is 0 Å². The highest BCUT2D eigenvalue weighted by atomic mass is 32.2. The number of hydrogen-bond donors (Lipinski definition) is 0. The van der Waals surface area contributed by atoms with Gasteiger partial charge in [0.05, 0.1) is 11.3 Å². The Balaban J connectivity index is 1.46. The molecule has 0 saturated heterocycles. The lowest BCUT2D eigenvalue weighted by atomic mass is 9.99. The van der Waals surface area contributed by atoms with Crippen LogP contribution in [-0.4, -0.2) is 34.0 Å². The molecule has 0 bridgehead atoms. The maximum absolute atomic E-state index is 13.1. The van der Waals surface area contributed by atoms with E-state index in [1.54, 1.807) is 18.7 Å². The number of carbonyl (C=O) groups is 1. The molecular weight excluding hydrogens is 370 g/mol. The molecule has 2 heterocycles. The van der Waals surface area contributed by atoms with Crippen molar-refractivity contribution in [2.75, 3.05) is 13.1 Å². The van der Waals surface area contributed by atoms with E-state index >= 15 is 0 Å². The summed E-state index contributed by atoms with van der Waals surface area (Å²) < 4.78 is 5.02. The molecule has 2 aromatic carbocycles. The highest BCUT2D eigenvalue weighted by Crippen LogP contribution is 2.28. The number of rotatable bonds is 5. The summed E-state index contributed by atoms with van der Waals surface area (Å²) in [6, 6.07) is 18.1. The molecule has 142 valence electrons. The van der Waals surface area contributed by atoms with Crippen LogP contribution in [0, 0.1) is 6.92 Å². The fraction of sp³-hybridized carbons (Fsp3) is 0.227. The summed E-state index contributed by atoms with van der Waals surface area (Å²) in [5.41, 5.74) is 3.27. The van der Waals surface area contributed by atoms with Gasteiger partial charge in [-0.2, -0.15) is 4.98 Å². The van der Waals surface area contributed by atoms with Crippen molar-refractivity contribution < 1.29 is 9.32 Å². The Morgan fingerprint density at radius 1 is 1.14 bits per heavy atom. The van der Waals surface area contributed by atoms with E-state index in [0.29, 0.717) is 24.0 Å². The van der Waals surface area contributed by atoms with Crippen LogP contribution in [0.3, 0.4) is 0 Å². The Bertz CT molecular complexity index is 998. The van der Waals surface area contributed by atoms with Gasteiger partial charge in [0.1, 0.15) is 0 Å². The third kappa shape index (κ3) is 4.17. The summed E-state index contributed by atoms with van der Waals surface area (Å²) in [6.45, 7) is 3.13. The van der Waals surface area contributed by atoms with Crippen molar-refractivity contribution in [2.45, 2.75) is 24.0 Å². The van der Waals surface area contributed by atoms with Crippen LogP contribution in [-0.2, 0) is 5.75 Å². The van der Waals surface area contributed by atoms with Gasteiger partial charge in [0, 0.05) is 24.9 Å². The standard InChI is InChI=1S/C22H21N3O2S/c1-16-23-21(24-27-16)15-28-20-10-6-5-9-19(20)22(26)25-13-11-18(12-14-25)17-7-3-2-4-8-17/h2-11H,12-15H2,1H3. The summed E-state index contributed by atoms with van der Waals surface area (Å²) in [4.78, 5) is 20.2. The average molecular weight is 391 g/mol. The molecule has 1 aliphatic heterocycles. The maximum atomic E-state index is 13.1. The van der Waals surface area contributed by atoms with Crippen LogP contribution in [0.5, 0.6) is 0 Å². The average Bonchev–Trinajstić information content (AvgIpc) is 3.18. The molecule has 28 heavy (non-hydrogen) atoms. The molecule has 0 atom stereocenters. The largest absolute Gasteiger partial charge is 0.340 e. The minimum atomic E-state index is 0.0655. The van der Waals surface area contributed by atoms with Crippen LogP contribution in [0.1, 0.15) is 34.1 Å². The predicted molar refractivity (Wildman–Crippen MR) is 110 cm³/mol. The lowest BCUT2D eigenvalue weighted by molar-refractivity contribution is 0.0769. The van der Waals surface area contributed by atoms with Crippen molar-refractivity contribution in [2.24, 2.45) is 0 Å². The van der Waals surface area contributed by atoms with Gasteiger partial charge < -0.3 is 9.42 Å². The number of carbonyl (C=O) groups excluding carboxylic acids is 1. The second kappa shape index (κ2) is 8.44. The van der Waals surface area contributed by atoms with E-state index in [9.17, 15) is 4.79 Å². The van der Waals surface area contributed by atoms with E-state index in [4.69, 9.17) is 4.52 Å². The first-order valence-electron chi connectivity index (χ1n) is 9.25. The van der Waals surface area contributed by atoms with Gasteiger partial charge in [0.25, 0.3) is 5.91 Å². The SMILES string of the molecule is Cc1nc(CSc2ccccc2C(=O)N2CC=C(c3ccccc3)CC2)no1. The Hall–Kier alpha value is -2.86. The molecule has 0 unspecified atom stereocenters. The van der Waals surface area contributed by atoms with Crippen molar-refractivity contribution in [1.29, 1.82) is 0 Å². The first-order valence-corrected chi connectivity index (χ1v) is 10.2. The van der Waals surface area contributed by atoms with Gasteiger partial charge in [-0.3, -0.25) is 4.79 Å². The summed E-state index contributed by atoms with van der Waals surface area (Å²) in [6.07, 6.45) is 3.03. The van der Waals surface area contributed by atoms with Gasteiger partial charge in [0.2, 0.25) is 5.89 Å². The zero-order chi connectivity index (χ0) is 19.3. The van der Waals surface area contributed by atoms with E-state index in [1.165, 1.54) is 11.1 Å².